The lowest BCUT2D eigenvalue weighted by Gasteiger charge is -2.25. The molecule has 1 aliphatic carbocycles. The van der Waals surface area contributed by atoms with Crippen LogP contribution in [0.3, 0.4) is 0 Å². The predicted molar refractivity (Wildman–Crippen MR) is 86.3 cm³/mol. The number of rotatable bonds is 3. The summed E-state index contributed by atoms with van der Waals surface area (Å²) >= 11 is 0. The van der Waals surface area contributed by atoms with Gasteiger partial charge in [0.05, 0.1) is 0 Å². The van der Waals surface area contributed by atoms with E-state index in [9.17, 15) is 0 Å². The second-order valence-electron chi connectivity index (χ2n) is 5.81. The van der Waals surface area contributed by atoms with Gasteiger partial charge in [0.2, 0.25) is 0 Å². The molecule has 1 nitrogen and oxygen atoms in total. The normalized spacial score (nSPS) is 15.8. The molecule has 0 spiro atoms. The molecule has 1 aliphatic rings. The maximum atomic E-state index is 3.38. The van der Waals surface area contributed by atoms with Gasteiger partial charge in [-0.1, -0.05) is 13.8 Å². The first kappa shape index (κ1) is 16.2. The van der Waals surface area contributed by atoms with E-state index in [1.165, 1.54) is 40.7 Å². The molecule has 108 valence electrons. The van der Waals surface area contributed by atoms with Crippen LogP contribution in [0.2, 0.25) is 0 Å². The minimum Gasteiger partial charge on any atom is -0.319 e. The standard InChI is InChI=1S/C16H25N.C2H6/c1-10-11(2)13(4)15(14(5)12(10)3)16(7-8-16)9-17-6;1-2/h17H,7-9H2,1-6H3;1-2H3. The number of nitrogens with one attached hydrogen (secondary N) is 1. The van der Waals surface area contributed by atoms with Gasteiger partial charge >= 0.3 is 0 Å². The van der Waals surface area contributed by atoms with Crippen molar-refractivity contribution in [2.24, 2.45) is 0 Å². The van der Waals surface area contributed by atoms with Crippen LogP contribution in [0.4, 0.5) is 0 Å². The first-order valence-corrected chi connectivity index (χ1v) is 7.66. The van der Waals surface area contributed by atoms with Gasteiger partial charge in [-0.25, -0.2) is 0 Å². The van der Waals surface area contributed by atoms with E-state index in [2.05, 4.69) is 47.0 Å². The molecule has 1 aromatic rings. The van der Waals surface area contributed by atoms with Crippen LogP contribution < -0.4 is 5.32 Å². The van der Waals surface area contributed by atoms with E-state index in [1.807, 2.05) is 13.8 Å². The largest absolute Gasteiger partial charge is 0.319 e. The summed E-state index contributed by atoms with van der Waals surface area (Å²) in [5.74, 6) is 0. The smallest absolute Gasteiger partial charge is 0.00837 e. The summed E-state index contributed by atoms with van der Waals surface area (Å²) in [7, 11) is 2.07. The van der Waals surface area contributed by atoms with Crippen LogP contribution in [0.1, 0.15) is 60.1 Å². The Morgan fingerprint density at radius 2 is 1.16 bits per heavy atom. The third-order valence-electron chi connectivity index (χ3n) is 4.90. The van der Waals surface area contributed by atoms with Crippen LogP contribution in [-0.4, -0.2) is 13.6 Å². The van der Waals surface area contributed by atoms with Crippen molar-refractivity contribution in [1.82, 2.24) is 5.32 Å². The van der Waals surface area contributed by atoms with Crippen LogP contribution in [0.15, 0.2) is 0 Å². The highest BCUT2D eigenvalue weighted by molar-refractivity contribution is 5.54. The summed E-state index contributed by atoms with van der Waals surface area (Å²) in [6.07, 6.45) is 2.69. The average molecular weight is 261 g/mol. The zero-order chi connectivity index (χ0) is 14.8. The van der Waals surface area contributed by atoms with Gasteiger partial charge in [0.25, 0.3) is 0 Å². The molecule has 1 N–H and O–H groups in total. The lowest BCUT2D eigenvalue weighted by atomic mass is 9.81. The van der Waals surface area contributed by atoms with Gasteiger partial charge < -0.3 is 5.32 Å². The Kier molecular flexibility index (Phi) is 5.20. The molecule has 0 aliphatic heterocycles. The highest BCUT2D eigenvalue weighted by atomic mass is 14.8. The van der Waals surface area contributed by atoms with E-state index < -0.39 is 0 Å². The molecule has 0 unspecified atom stereocenters. The van der Waals surface area contributed by atoms with E-state index in [4.69, 9.17) is 0 Å². The topological polar surface area (TPSA) is 12.0 Å². The SMILES string of the molecule is CC.CNCC1(c2c(C)c(C)c(C)c(C)c2C)CC1. The van der Waals surface area contributed by atoms with E-state index in [0.29, 0.717) is 5.41 Å². The van der Waals surface area contributed by atoms with Gasteiger partial charge in [-0.3, -0.25) is 0 Å². The molecule has 1 heteroatoms. The molecule has 1 saturated carbocycles. The van der Waals surface area contributed by atoms with Crippen LogP contribution in [-0.2, 0) is 5.41 Å². The molecular weight excluding hydrogens is 230 g/mol. The molecule has 0 radical (unpaired) electrons. The molecule has 1 fully saturated rings. The van der Waals surface area contributed by atoms with Crippen molar-refractivity contribution < 1.29 is 0 Å². The summed E-state index contributed by atoms with van der Waals surface area (Å²) in [5.41, 5.74) is 9.58. The molecule has 0 saturated heterocycles. The number of hydrogen-bond acceptors (Lipinski definition) is 1. The van der Waals surface area contributed by atoms with E-state index >= 15 is 0 Å². The summed E-state index contributed by atoms with van der Waals surface area (Å²) in [5, 5.41) is 3.38. The quantitative estimate of drug-likeness (QED) is 0.844. The number of hydrogen-bond donors (Lipinski definition) is 1. The molecule has 1 aromatic carbocycles. The van der Waals surface area contributed by atoms with Crippen molar-refractivity contribution in [3.63, 3.8) is 0 Å². The van der Waals surface area contributed by atoms with Crippen LogP contribution >= 0.6 is 0 Å². The van der Waals surface area contributed by atoms with Crippen LogP contribution in [0.25, 0.3) is 0 Å². The molecular formula is C18H31N. The molecule has 0 bridgehead atoms. The Hall–Kier alpha value is -0.820. The van der Waals surface area contributed by atoms with Crippen LogP contribution in [0.5, 0.6) is 0 Å². The fraction of sp³-hybridized carbons (Fsp3) is 0.667. The molecule has 0 amide bonds. The number of benzene rings is 1. The van der Waals surface area contributed by atoms with Gasteiger partial charge in [0.15, 0.2) is 0 Å². The first-order chi connectivity index (χ1) is 8.94. The lowest BCUT2D eigenvalue weighted by molar-refractivity contribution is 0.616. The van der Waals surface area contributed by atoms with Crippen molar-refractivity contribution >= 4 is 0 Å². The van der Waals surface area contributed by atoms with Gasteiger partial charge in [-0.15, -0.1) is 0 Å². The first-order valence-electron chi connectivity index (χ1n) is 7.66. The lowest BCUT2D eigenvalue weighted by Crippen LogP contribution is -2.26. The van der Waals surface area contributed by atoms with Gasteiger partial charge in [-0.05, 0) is 87.9 Å². The van der Waals surface area contributed by atoms with E-state index in [0.717, 1.165) is 6.54 Å². The molecule has 2 rings (SSSR count). The zero-order valence-corrected chi connectivity index (χ0v) is 14.1. The summed E-state index contributed by atoms with van der Waals surface area (Å²) < 4.78 is 0. The Bertz CT molecular complexity index is 424. The molecule has 19 heavy (non-hydrogen) atoms. The average Bonchev–Trinajstić information content (AvgIpc) is 3.17. The maximum absolute atomic E-state index is 3.38. The minimum absolute atomic E-state index is 0.437. The highest BCUT2D eigenvalue weighted by Crippen LogP contribution is 2.51. The molecule has 0 heterocycles. The predicted octanol–water partition coefficient (Wildman–Crippen LogP) is 4.51. The van der Waals surface area contributed by atoms with Crippen molar-refractivity contribution in [3.8, 4) is 0 Å². The van der Waals surface area contributed by atoms with Crippen molar-refractivity contribution in [2.45, 2.75) is 66.7 Å². The fourth-order valence-corrected chi connectivity index (χ4v) is 3.30. The second kappa shape index (κ2) is 6.09. The van der Waals surface area contributed by atoms with E-state index in [1.54, 1.807) is 5.56 Å². The minimum atomic E-state index is 0.437. The Balaban J connectivity index is 0.000000861. The van der Waals surface area contributed by atoms with Gasteiger partial charge in [0, 0.05) is 12.0 Å². The third-order valence-corrected chi connectivity index (χ3v) is 4.90. The van der Waals surface area contributed by atoms with Crippen molar-refractivity contribution in [1.29, 1.82) is 0 Å². The summed E-state index contributed by atoms with van der Waals surface area (Å²) in [4.78, 5) is 0. The monoisotopic (exact) mass is 261 g/mol. The van der Waals surface area contributed by atoms with E-state index in [-0.39, 0.29) is 0 Å². The molecule has 0 atom stereocenters. The Morgan fingerprint density at radius 3 is 1.47 bits per heavy atom. The second-order valence-corrected chi connectivity index (χ2v) is 5.81. The van der Waals surface area contributed by atoms with Crippen LogP contribution in [0, 0.1) is 34.6 Å². The third kappa shape index (κ3) is 2.72. The summed E-state index contributed by atoms with van der Waals surface area (Å²) in [6, 6.07) is 0. The zero-order valence-electron chi connectivity index (χ0n) is 14.1. The highest BCUT2D eigenvalue weighted by Gasteiger charge is 2.45. The van der Waals surface area contributed by atoms with Crippen molar-refractivity contribution in [3.05, 3.63) is 33.4 Å². The summed E-state index contributed by atoms with van der Waals surface area (Å²) in [6.45, 7) is 16.5. The number of likely N-dealkylation sites (N-methyl/N-ethyl adjacent to an activating group) is 1. The van der Waals surface area contributed by atoms with Gasteiger partial charge in [-0.2, -0.15) is 0 Å². The van der Waals surface area contributed by atoms with Gasteiger partial charge in [0.1, 0.15) is 0 Å². The fourth-order valence-electron chi connectivity index (χ4n) is 3.30. The maximum Gasteiger partial charge on any atom is 0.00837 e. The molecule has 0 aromatic heterocycles. The Labute approximate surface area is 119 Å². The Morgan fingerprint density at radius 1 is 0.789 bits per heavy atom. The van der Waals surface area contributed by atoms with Crippen molar-refractivity contribution in [2.75, 3.05) is 13.6 Å².